The second kappa shape index (κ2) is 15.8. The lowest BCUT2D eigenvalue weighted by atomic mass is 9.93. The number of fused-ring (bicyclic) bond motifs is 2. The normalized spacial score (nSPS) is 14.9. The molecule has 5 amide bonds. The van der Waals surface area contributed by atoms with E-state index in [4.69, 9.17) is 18.9 Å². The van der Waals surface area contributed by atoms with Gasteiger partial charge >= 0.3 is 0 Å². The number of carbonyl (C=O) groups is 5. The van der Waals surface area contributed by atoms with Gasteiger partial charge in [-0.15, -0.1) is 0 Å². The number of benzene rings is 5. The number of hydrogen-bond donors (Lipinski definition) is 3. The van der Waals surface area contributed by atoms with E-state index in [1.807, 2.05) is 0 Å². The molecule has 57 heavy (non-hydrogen) atoms. The highest BCUT2D eigenvalue weighted by molar-refractivity contribution is 6.42. The van der Waals surface area contributed by atoms with Crippen molar-refractivity contribution in [3.8, 4) is 23.0 Å². The Kier molecular flexibility index (Phi) is 10.4. The van der Waals surface area contributed by atoms with Gasteiger partial charge in [-0.1, -0.05) is 36.4 Å². The van der Waals surface area contributed by atoms with Gasteiger partial charge in [-0.25, -0.2) is 9.80 Å². The zero-order valence-corrected chi connectivity index (χ0v) is 31.1. The van der Waals surface area contributed by atoms with Crippen molar-refractivity contribution in [2.45, 2.75) is 0 Å². The second-order valence-electron chi connectivity index (χ2n) is 12.5. The Bertz CT molecular complexity index is 2510. The lowest BCUT2D eigenvalue weighted by Gasteiger charge is -2.29. The van der Waals surface area contributed by atoms with Gasteiger partial charge in [0.15, 0.2) is 23.0 Å². The van der Waals surface area contributed by atoms with Gasteiger partial charge in [-0.3, -0.25) is 29.4 Å². The number of anilines is 3. The Morgan fingerprint density at radius 2 is 0.947 bits per heavy atom. The van der Waals surface area contributed by atoms with Crippen LogP contribution in [-0.4, -0.2) is 58.0 Å². The smallest absolute Gasteiger partial charge is 0.269 e. The van der Waals surface area contributed by atoms with E-state index in [1.54, 1.807) is 103 Å². The first-order valence-electron chi connectivity index (χ1n) is 17.4. The first-order chi connectivity index (χ1) is 27.7. The summed E-state index contributed by atoms with van der Waals surface area (Å²) in [6, 6.07) is 29.4. The van der Waals surface area contributed by atoms with Gasteiger partial charge in [0.25, 0.3) is 29.5 Å². The summed E-state index contributed by atoms with van der Waals surface area (Å²) < 4.78 is 21.4. The molecule has 0 aromatic heterocycles. The molecule has 2 aliphatic rings. The molecule has 0 fully saturated rings. The van der Waals surface area contributed by atoms with Gasteiger partial charge in [0, 0.05) is 58.0 Å². The minimum absolute atomic E-state index is 0.137. The molecule has 5 aromatic rings. The van der Waals surface area contributed by atoms with Crippen LogP contribution in [0.4, 0.5) is 17.1 Å². The van der Waals surface area contributed by atoms with Gasteiger partial charge < -0.3 is 29.7 Å². The van der Waals surface area contributed by atoms with Crippen LogP contribution >= 0.6 is 0 Å². The molecular weight excluding hydrogens is 730 g/mol. The molecule has 2 aliphatic heterocycles. The van der Waals surface area contributed by atoms with E-state index in [9.17, 15) is 24.0 Å². The highest BCUT2D eigenvalue weighted by atomic mass is 16.5. The minimum Gasteiger partial charge on any atom is -0.493 e. The van der Waals surface area contributed by atoms with Crippen molar-refractivity contribution in [2.75, 3.05) is 43.6 Å². The van der Waals surface area contributed by atoms with Gasteiger partial charge in [-0.05, 0) is 60.7 Å². The van der Waals surface area contributed by atoms with Crippen molar-refractivity contribution in [2.24, 2.45) is 0 Å². The number of carbonyl (C=O) groups excluding carboxylic acids is 5. The summed E-state index contributed by atoms with van der Waals surface area (Å²) in [6.45, 7) is 0. The fraction of sp³-hybridized carbons (Fsp3) is 0.0930. The van der Waals surface area contributed by atoms with Crippen molar-refractivity contribution < 1.29 is 42.9 Å². The van der Waals surface area contributed by atoms with Crippen LogP contribution in [0.15, 0.2) is 122 Å². The van der Waals surface area contributed by atoms with Gasteiger partial charge in [0.2, 0.25) is 0 Å². The Hall–Kier alpha value is -7.87. The minimum atomic E-state index is -0.618. The first kappa shape index (κ1) is 37.4. The second-order valence-corrected chi connectivity index (χ2v) is 12.5. The van der Waals surface area contributed by atoms with Crippen molar-refractivity contribution >= 4 is 57.7 Å². The predicted octanol–water partition coefficient (Wildman–Crippen LogP) is 5.82. The van der Waals surface area contributed by atoms with Crippen molar-refractivity contribution in [3.05, 3.63) is 149 Å². The van der Waals surface area contributed by atoms with Crippen LogP contribution in [-0.2, 0) is 9.59 Å². The van der Waals surface area contributed by atoms with Gasteiger partial charge in [0.1, 0.15) is 0 Å². The third-order valence-electron chi connectivity index (χ3n) is 9.35. The maximum atomic E-state index is 13.9. The summed E-state index contributed by atoms with van der Waals surface area (Å²) >= 11 is 0. The number of rotatable bonds is 11. The number of hydrogen-bond acceptors (Lipinski definition) is 11. The fourth-order valence-corrected chi connectivity index (χ4v) is 6.50. The summed E-state index contributed by atoms with van der Waals surface area (Å²) in [5.41, 5.74) is 8.56. The molecule has 0 bridgehead atoms. The predicted molar refractivity (Wildman–Crippen MR) is 212 cm³/mol. The summed E-state index contributed by atoms with van der Waals surface area (Å²) in [5, 5.41) is 3.11. The SMILES string of the molecule is COc1ccc(N2C(=O)C(=CNNC(=O)c3ccc(NC=C4C(=O)N(c5ccc(OC)c(OC)c5)C(=O)c5ccccc54)cc3)c3ccccc3C2=O)cc1OC. The fourth-order valence-electron chi connectivity index (χ4n) is 6.50. The Morgan fingerprint density at radius 3 is 1.40 bits per heavy atom. The Balaban J connectivity index is 1.07. The standard InChI is InChI=1S/C43H35N5O9/c1-54-35-19-17-27(21-37(35)56-3)47-40(50)31-11-7-5-9-29(31)33(42(47)52)23-44-26-15-13-25(14-16-26)39(49)46-45-24-34-30-10-6-8-12-32(30)41(51)48(43(34)53)28-18-20-36(55-2)38(22-28)57-4/h5-24,44-45H,1-4H3,(H,46,49). The molecule has 14 heteroatoms. The van der Waals surface area contributed by atoms with Crippen LogP contribution in [0.2, 0.25) is 0 Å². The highest BCUT2D eigenvalue weighted by Crippen LogP contribution is 2.38. The number of imide groups is 2. The first-order valence-corrected chi connectivity index (χ1v) is 17.4. The third kappa shape index (κ3) is 6.98. The maximum Gasteiger partial charge on any atom is 0.269 e. The zero-order chi connectivity index (χ0) is 40.2. The average molecular weight is 766 g/mol. The number of nitrogens with one attached hydrogen (secondary N) is 3. The molecule has 2 heterocycles. The molecule has 0 aliphatic carbocycles. The van der Waals surface area contributed by atoms with Crippen molar-refractivity contribution in [1.82, 2.24) is 10.9 Å². The summed E-state index contributed by atoms with van der Waals surface area (Å²) in [6.07, 6.45) is 2.84. The van der Waals surface area contributed by atoms with Crippen LogP contribution in [0.1, 0.15) is 42.2 Å². The van der Waals surface area contributed by atoms with E-state index in [2.05, 4.69) is 16.2 Å². The van der Waals surface area contributed by atoms with E-state index < -0.39 is 29.5 Å². The lowest BCUT2D eigenvalue weighted by Crippen LogP contribution is -2.43. The molecule has 0 saturated heterocycles. The maximum absolute atomic E-state index is 13.9. The molecule has 286 valence electrons. The third-order valence-corrected chi connectivity index (χ3v) is 9.35. The largest absolute Gasteiger partial charge is 0.493 e. The molecule has 0 spiro atoms. The Morgan fingerprint density at radius 1 is 0.509 bits per heavy atom. The highest BCUT2D eigenvalue weighted by Gasteiger charge is 2.37. The molecule has 0 saturated carbocycles. The number of ether oxygens (including phenoxy) is 4. The molecular formula is C43H35N5O9. The van der Waals surface area contributed by atoms with Crippen molar-refractivity contribution in [3.63, 3.8) is 0 Å². The topological polar surface area (TPSA) is 165 Å². The van der Waals surface area contributed by atoms with Crippen LogP contribution < -0.4 is 44.9 Å². The van der Waals surface area contributed by atoms with Crippen LogP contribution in [0.25, 0.3) is 11.1 Å². The van der Waals surface area contributed by atoms with Crippen LogP contribution in [0, 0.1) is 0 Å². The Labute approximate surface area is 326 Å². The number of methoxy groups -OCH3 is 4. The molecule has 14 nitrogen and oxygen atoms in total. The van der Waals surface area contributed by atoms with Gasteiger partial charge in [0.05, 0.1) is 51.0 Å². The summed E-state index contributed by atoms with van der Waals surface area (Å²) in [7, 11) is 5.90. The number of hydrazine groups is 1. The molecule has 5 aromatic carbocycles. The quantitative estimate of drug-likeness (QED) is 0.0843. The van der Waals surface area contributed by atoms with E-state index >= 15 is 0 Å². The van der Waals surface area contributed by atoms with Crippen LogP contribution in [0.3, 0.4) is 0 Å². The monoisotopic (exact) mass is 765 g/mol. The van der Waals surface area contributed by atoms with Crippen LogP contribution in [0.5, 0.6) is 23.0 Å². The van der Waals surface area contributed by atoms with Gasteiger partial charge in [-0.2, -0.15) is 0 Å². The van der Waals surface area contributed by atoms with E-state index in [0.29, 0.717) is 56.6 Å². The zero-order valence-electron chi connectivity index (χ0n) is 31.1. The molecule has 0 radical (unpaired) electrons. The molecule has 0 atom stereocenters. The van der Waals surface area contributed by atoms with Crippen molar-refractivity contribution in [1.29, 1.82) is 0 Å². The molecule has 7 rings (SSSR count). The van der Waals surface area contributed by atoms with E-state index in [0.717, 1.165) is 9.80 Å². The average Bonchev–Trinajstić information content (AvgIpc) is 3.24. The number of nitrogens with zero attached hydrogens (tertiary/aromatic N) is 2. The molecule has 3 N–H and O–H groups in total. The van der Waals surface area contributed by atoms with E-state index in [-0.39, 0.29) is 22.4 Å². The molecule has 0 unspecified atom stereocenters. The number of amides is 5. The van der Waals surface area contributed by atoms with E-state index in [1.165, 1.54) is 46.9 Å². The summed E-state index contributed by atoms with van der Waals surface area (Å²) in [5.74, 6) is -1.11. The summed E-state index contributed by atoms with van der Waals surface area (Å²) in [4.78, 5) is 70.1. The lowest BCUT2D eigenvalue weighted by molar-refractivity contribution is -0.113.